The lowest BCUT2D eigenvalue weighted by Crippen LogP contribution is -2.31. The molecule has 0 N–H and O–H groups in total. The fourth-order valence-corrected chi connectivity index (χ4v) is 14.0. The Morgan fingerprint density at radius 1 is 0.295 bits per heavy atom. The van der Waals surface area contributed by atoms with Gasteiger partial charge in [0.2, 0.25) is 28.5 Å². The van der Waals surface area contributed by atoms with E-state index in [2.05, 4.69) is 398 Å². The summed E-state index contributed by atoms with van der Waals surface area (Å²) in [5.41, 5.74) is 39.0. The largest absolute Gasteiger partial charge is 0.322 e. The maximum Gasteiger partial charge on any atom is 0.229 e. The van der Waals surface area contributed by atoms with Gasteiger partial charge in [-0.1, -0.05) is 30.3 Å². The highest BCUT2D eigenvalue weighted by Crippen LogP contribution is 2.35. The van der Waals surface area contributed by atoms with Crippen molar-refractivity contribution in [1.29, 1.82) is 0 Å². The third kappa shape index (κ3) is 13.0. The number of aromatic nitrogens is 10. The molecule has 0 bridgehead atoms. The van der Waals surface area contributed by atoms with Crippen molar-refractivity contribution in [2.45, 2.75) is 104 Å². The number of hydrogen-bond acceptors (Lipinski definition) is 0. The van der Waals surface area contributed by atoms with Crippen LogP contribution in [0, 0.1) is 104 Å². The van der Waals surface area contributed by atoms with Gasteiger partial charge in [0.05, 0.1) is 33.3 Å². The quantitative estimate of drug-likeness (QED) is 0.154. The summed E-state index contributed by atoms with van der Waals surface area (Å²) in [4.78, 5) is 0. The summed E-state index contributed by atoms with van der Waals surface area (Å²) >= 11 is 0. The van der Waals surface area contributed by atoms with Gasteiger partial charge in [-0.15, -0.1) is 0 Å². The van der Waals surface area contributed by atoms with Gasteiger partial charge in [-0.3, -0.25) is 0 Å². The molecular weight excluding hydrogens is 1160 g/mol. The zero-order chi connectivity index (χ0) is 67.8. The predicted octanol–water partition coefficient (Wildman–Crippen LogP) is 16.8. The van der Waals surface area contributed by atoms with Crippen molar-refractivity contribution in [2.24, 2.45) is 35.2 Å². The van der Waals surface area contributed by atoms with E-state index in [0.717, 1.165) is 0 Å². The van der Waals surface area contributed by atoms with Crippen LogP contribution in [0.3, 0.4) is 0 Å². The van der Waals surface area contributed by atoms with Crippen LogP contribution in [0.2, 0.25) is 0 Å². The number of pyridine rings is 10. The molecule has 10 heteroatoms. The summed E-state index contributed by atoms with van der Waals surface area (Å²) < 4.78 is 22.3. The fraction of sp³-hybridized carbons (Fsp3) is 0.235. The zero-order valence-electron chi connectivity index (χ0n) is 59.7. The average Bonchev–Trinajstić information content (AvgIpc) is 1.70. The van der Waals surface area contributed by atoms with Gasteiger partial charge in [-0.25, -0.2) is 18.3 Å². The molecule has 0 aliphatic carbocycles. The monoisotopic (exact) mass is 1260 g/mol. The van der Waals surface area contributed by atoms with Crippen LogP contribution >= 0.6 is 0 Å². The molecule has 0 unspecified atom stereocenters. The molecule has 0 saturated heterocycles. The van der Waals surface area contributed by atoms with E-state index in [1.54, 1.807) is 0 Å². The molecule has 0 spiro atoms. The molecule has 0 fully saturated rings. The fourth-order valence-electron chi connectivity index (χ4n) is 14.0. The summed E-state index contributed by atoms with van der Waals surface area (Å²) in [5, 5.41) is 0. The Kier molecular flexibility index (Phi) is 18.9. The Bertz CT molecular complexity index is 4850. The normalized spacial score (nSPS) is 11.2. The first kappa shape index (κ1) is 66.0. The predicted molar refractivity (Wildman–Crippen MR) is 391 cm³/mol. The van der Waals surface area contributed by atoms with E-state index < -0.39 is 0 Å². The third-order valence-corrected chi connectivity index (χ3v) is 19.0. The molecule has 15 aromatic heterocycles. The van der Waals surface area contributed by atoms with E-state index in [0.29, 0.717) is 0 Å². The molecule has 0 aliphatic heterocycles. The lowest BCUT2D eigenvalue weighted by molar-refractivity contribution is -0.660. The molecule has 0 radical (unpaired) electrons. The van der Waals surface area contributed by atoms with Gasteiger partial charge in [-0.05, 0) is 225 Å². The molecule has 15 rings (SSSR count). The summed E-state index contributed by atoms with van der Waals surface area (Å²) in [6.07, 6.45) is 23.6. The minimum Gasteiger partial charge on any atom is -0.322 e. The molecule has 0 aliphatic rings. The molecule has 0 saturated carbocycles. The van der Waals surface area contributed by atoms with Crippen LogP contribution in [-0.2, 0) is 35.2 Å². The minimum atomic E-state index is 1.26. The van der Waals surface area contributed by atoms with Gasteiger partial charge in [0.1, 0.15) is 40.9 Å². The van der Waals surface area contributed by atoms with E-state index in [1.165, 1.54) is 168 Å². The maximum atomic E-state index is 2.34. The van der Waals surface area contributed by atoms with E-state index in [-0.39, 0.29) is 0 Å². The highest BCUT2D eigenvalue weighted by Gasteiger charge is 2.25. The van der Waals surface area contributed by atoms with Gasteiger partial charge >= 0.3 is 0 Å². The molecule has 10 nitrogen and oxygen atoms in total. The standard InChI is InChI=1S/5C17H19N2/c2*1-12-7-9-18(4)15(10-12)16-14(3)11-19-8-5-6-13(2)17(16)19;1-12-8-9-18(4)16(10-12)17-13(2)11-15-7-5-6-14(3)19(15)17;2*1-12-8-10-18(4)16(11-12)17-13(2)15-7-5-6-9-19(15)14(17)3/h5*5-11H,1-4H3/q5*+1. The van der Waals surface area contributed by atoms with Crippen LogP contribution in [0.25, 0.3) is 84.0 Å². The number of nitrogens with zero attached hydrogens (tertiary/aromatic N) is 10. The van der Waals surface area contributed by atoms with Crippen LogP contribution in [0.15, 0.2) is 214 Å². The molecule has 480 valence electrons. The zero-order valence-corrected chi connectivity index (χ0v) is 59.7. The Labute approximate surface area is 562 Å². The van der Waals surface area contributed by atoms with E-state index in [9.17, 15) is 0 Å². The van der Waals surface area contributed by atoms with Crippen molar-refractivity contribution in [3.05, 3.63) is 298 Å². The number of hydrogen-bond donors (Lipinski definition) is 0. The topological polar surface area (TPSA) is 41.5 Å². The van der Waals surface area contributed by atoms with Gasteiger partial charge in [-0.2, -0.15) is 4.57 Å². The molecule has 0 aromatic carbocycles. The second-order valence-electron chi connectivity index (χ2n) is 26.5. The molecule has 0 atom stereocenters. The molecule has 0 amide bonds. The molecule has 15 heterocycles. The lowest BCUT2D eigenvalue weighted by atomic mass is 10.0. The Balaban J connectivity index is 0.000000121. The summed E-state index contributed by atoms with van der Waals surface area (Å²) in [6.45, 7) is 32.6. The smallest absolute Gasteiger partial charge is 0.229 e. The van der Waals surface area contributed by atoms with Gasteiger partial charge in [0, 0.05) is 131 Å². The van der Waals surface area contributed by atoms with Crippen molar-refractivity contribution in [3.8, 4) is 56.4 Å². The Morgan fingerprint density at radius 3 is 1.03 bits per heavy atom. The van der Waals surface area contributed by atoms with E-state index in [1.807, 2.05) is 0 Å². The van der Waals surface area contributed by atoms with Crippen LogP contribution in [0.5, 0.6) is 0 Å². The summed E-state index contributed by atoms with van der Waals surface area (Å²) in [7, 11) is 10.5. The van der Waals surface area contributed by atoms with Crippen LogP contribution in [-0.4, -0.2) is 22.0 Å². The summed E-state index contributed by atoms with van der Waals surface area (Å²) in [6, 6.07) is 52.0. The molecule has 15 aromatic rings. The SMILES string of the molecule is Cc1cc[n+](C)c(-c2c(C)c3ccccn3c2C)c1.Cc1cc[n+](C)c(-c2c(C)c3ccccn3c2C)c1.Cc1cc[n+](C)c(-c2c(C)cc3cccc(C)n23)c1.Cc1cc[n+](C)c(-c2c(C)cn3cccc(C)c23)c1.Cc1cc[n+](C)c(-c2c(C)cn3cccc(C)c23)c1. The first-order valence-electron chi connectivity index (χ1n) is 33.1. The van der Waals surface area contributed by atoms with Crippen LogP contribution in [0.1, 0.15) is 83.8 Å². The summed E-state index contributed by atoms with van der Waals surface area (Å²) in [5.74, 6) is 0. The molecular formula is C85H95N10+5. The third-order valence-electron chi connectivity index (χ3n) is 19.0. The van der Waals surface area contributed by atoms with Crippen molar-refractivity contribution in [1.82, 2.24) is 22.0 Å². The first-order valence-corrected chi connectivity index (χ1v) is 33.1. The second kappa shape index (κ2) is 27.2. The van der Waals surface area contributed by atoms with E-state index >= 15 is 0 Å². The Hall–Kier alpha value is -10.5. The van der Waals surface area contributed by atoms with Gasteiger partial charge in [0.25, 0.3) is 0 Å². The van der Waals surface area contributed by atoms with Crippen LogP contribution < -0.4 is 22.8 Å². The van der Waals surface area contributed by atoms with E-state index in [4.69, 9.17) is 0 Å². The van der Waals surface area contributed by atoms with Crippen LogP contribution in [0.4, 0.5) is 0 Å². The lowest BCUT2D eigenvalue weighted by Gasteiger charge is -2.07. The number of rotatable bonds is 5. The molecule has 95 heavy (non-hydrogen) atoms. The van der Waals surface area contributed by atoms with Crippen molar-refractivity contribution < 1.29 is 22.8 Å². The average molecular weight is 1260 g/mol. The minimum absolute atomic E-state index is 1.26. The van der Waals surface area contributed by atoms with Gasteiger partial charge < -0.3 is 22.0 Å². The van der Waals surface area contributed by atoms with Crippen molar-refractivity contribution in [3.63, 3.8) is 0 Å². The highest BCUT2D eigenvalue weighted by molar-refractivity contribution is 5.85. The van der Waals surface area contributed by atoms with Crippen molar-refractivity contribution >= 4 is 27.6 Å². The van der Waals surface area contributed by atoms with Gasteiger partial charge in [0.15, 0.2) is 31.0 Å². The highest BCUT2D eigenvalue weighted by atomic mass is 15.0. The first-order chi connectivity index (χ1) is 45.4. The maximum absolute atomic E-state index is 2.34. The van der Waals surface area contributed by atoms with Crippen molar-refractivity contribution in [2.75, 3.05) is 0 Å². The Morgan fingerprint density at radius 2 is 0.653 bits per heavy atom. The number of fused-ring (bicyclic) bond motifs is 5. The number of aryl methyl sites for hydroxylation is 20. The second-order valence-corrected chi connectivity index (χ2v) is 26.5.